The molecule has 0 aromatic carbocycles. The molecule has 0 fully saturated rings. The maximum Gasteiger partial charge on any atom is -0.0122 e. The van der Waals surface area contributed by atoms with Crippen molar-refractivity contribution in [2.75, 3.05) is 0 Å². The van der Waals surface area contributed by atoms with Gasteiger partial charge in [0.15, 0.2) is 0 Å². The predicted octanol–water partition coefficient (Wildman–Crippen LogP) is 7.99. The number of halogens is 1. The lowest BCUT2D eigenvalue weighted by atomic mass is 9.77. The van der Waals surface area contributed by atoms with Crippen LogP contribution in [-0.2, 0) is 0 Å². The summed E-state index contributed by atoms with van der Waals surface area (Å²) in [6.07, 6.45) is 18.3. The summed E-state index contributed by atoms with van der Waals surface area (Å²) in [5, 5.41) is 0.537. The van der Waals surface area contributed by atoms with Gasteiger partial charge in [-0.1, -0.05) is 85.5 Å². The Kier molecular flexibility index (Phi) is 18.6. The molecule has 2 atom stereocenters. The quantitative estimate of drug-likeness (QED) is 0.149. The summed E-state index contributed by atoms with van der Waals surface area (Å²) in [5.74, 6) is 0.942. The zero-order chi connectivity index (χ0) is 15.3. The molecule has 130 valence electrons. The third-order valence-electron chi connectivity index (χ3n) is 4.87. The van der Waals surface area contributed by atoms with E-state index in [0.717, 1.165) is 5.92 Å². The summed E-state index contributed by atoms with van der Waals surface area (Å²) in [7, 11) is 3.34. The van der Waals surface area contributed by atoms with Gasteiger partial charge in [-0.15, -0.1) is 33.2 Å². The van der Waals surface area contributed by atoms with Crippen LogP contribution in [0.5, 0.6) is 0 Å². The highest BCUT2D eigenvalue weighted by Gasteiger charge is 2.32. The Morgan fingerprint density at radius 1 is 0.667 bits per heavy atom. The first-order valence-electron chi connectivity index (χ1n) is 9.43. The highest BCUT2D eigenvalue weighted by atomic mass is 127. The minimum absolute atomic E-state index is 0. The Morgan fingerprint density at radius 3 is 1.52 bits per heavy atom. The highest BCUT2D eigenvalue weighted by Crippen LogP contribution is 2.43. The van der Waals surface area contributed by atoms with Gasteiger partial charge in [-0.05, 0) is 36.8 Å². The van der Waals surface area contributed by atoms with Gasteiger partial charge in [-0.3, -0.25) is 0 Å². The Hall–Kier alpha value is 1.16. The molecule has 0 heterocycles. The summed E-state index contributed by atoms with van der Waals surface area (Å²) < 4.78 is 0. The number of unbranched alkanes of at least 4 members (excludes halogenated alkanes) is 5. The van der Waals surface area contributed by atoms with Gasteiger partial charge in [0.2, 0.25) is 0 Å². The van der Waals surface area contributed by atoms with Crippen LogP contribution in [0.4, 0.5) is 0 Å². The van der Waals surface area contributed by atoms with Gasteiger partial charge >= 0.3 is 0 Å². The summed E-state index contributed by atoms with van der Waals surface area (Å²) in [6.45, 7) is 9.33. The Labute approximate surface area is 155 Å². The van der Waals surface area contributed by atoms with Crippen molar-refractivity contribution in [3.8, 4) is 0 Å². The Bertz CT molecular complexity index is 198. The molecular formula is C19H42IP. The van der Waals surface area contributed by atoms with E-state index in [1.54, 1.807) is 0 Å². The molecule has 2 heteroatoms. The smallest absolute Gasteiger partial charge is 0.0122 e. The lowest BCUT2D eigenvalue weighted by molar-refractivity contribution is 0.275. The summed E-state index contributed by atoms with van der Waals surface area (Å²) >= 11 is 0. The average Bonchev–Trinajstić information content (AvgIpc) is 2.46. The van der Waals surface area contributed by atoms with Crippen LogP contribution in [0.2, 0.25) is 0 Å². The van der Waals surface area contributed by atoms with Crippen molar-refractivity contribution in [1.82, 2.24) is 0 Å². The summed E-state index contributed by atoms with van der Waals surface area (Å²) in [4.78, 5) is 0. The third kappa shape index (κ3) is 11.4. The fourth-order valence-corrected chi connectivity index (χ4v) is 4.10. The van der Waals surface area contributed by atoms with E-state index < -0.39 is 0 Å². The molecule has 0 aromatic rings. The Morgan fingerprint density at radius 2 is 1.10 bits per heavy atom. The first-order valence-corrected chi connectivity index (χ1v) is 10.0. The second kappa shape index (κ2) is 16.0. The lowest BCUT2D eigenvalue weighted by Crippen LogP contribution is -2.32. The number of rotatable bonds is 14. The van der Waals surface area contributed by atoms with Crippen LogP contribution in [0.1, 0.15) is 111 Å². The molecule has 2 unspecified atom stereocenters. The second-order valence-electron chi connectivity index (χ2n) is 6.78. The fourth-order valence-electron chi connectivity index (χ4n) is 3.36. The number of hydrogen-bond acceptors (Lipinski definition) is 0. The molecule has 0 radical (unpaired) electrons. The van der Waals surface area contributed by atoms with Gasteiger partial charge in [-0.2, -0.15) is 0 Å². The molecule has 0 spiro atoms. The minimum Gasteiger partial charge on any atom is -0.131 e. The van der Waals surface area contributed by atoms with Crippen molar-refractivity contribution in [1.29, 1.82) is 0 Å². The van der Waals surface area contributed by atoms with Crippen molar-refractivity contribution in [2.24, 2.45) is 5.92 Å². The van der Waals surface area contributed by atoms with Gasteiger partial charge < -0.3 is 0 Å². The molecule has 0 bridgehead atoms. The average molecular weight is 428 g/mol. The lowest BCUT2D eigenvalue weighted by Gasteiger charge is -2.39. The zero-order valence-corrected chi connectivity index (χ0v) is 18.7. The standard InChI is InChI=1S/C19H41P.HI/c1-5-9-13-15-18(14-10-6-2)19(20,16-11-7-3)17-12-8-4;/h18H,5-17,20H2,1-4H3;1H. The normalized spacial score (nSPS) is 13.0. The van der Waals surface area contributed by atoms with Crippen LogP contribution >= 0.6 is 33.2 Å². The molecule has 0 rings (SSSR count). The zero-order valence-electron chi connectivity index (χ0n) is 15.3. The minimum atomic E-state index is 0. The maximum absolute atomic E-state index is 3.34. The molecule has 0 aliphatic carbocycles. The van der Waals surface area contributed by atoms with Crippen molar-refractivity contribution >= 4 is 33.2 Å². The molecule has 0 saturated heterocycles. The van der Waals surface area contributed by atoms with Crippen LogP contribution in [0.25, 0.3) is 0 Å². The fraction of sp³-hybridized carbons (Fsp3) is 1.00. The molecule has 0 nitrogen and oxygen atoms in total. The first-order chi connectivity index (χ1) is 9.64. The van der Waals surface area contributed by atoms with Crippen molar-refractivity contribution < 1.29 is 0 Å². The van der Waals surface area contributed by atoms with Gasteiger partial charge in [0.1, 0.15) is 0 Å². The van der Waals surface area contributed by atoms with E-state index in [4.69, 9.17) is 0 Å². The molecule has 0 N–H and O–H groups in total. The van der Waals surface area contributed by atoms with Crippen LogP contribution < -0.4 is 0 Å². The topological polar surface area (TPSA) is 0 Å². The van der Waals surface area contributed by atoms with Crippen molar-refractivity contribution in [2.45, 2.75) is 116 Å². The maximum atomic E-state index is 3.34. The van der Waals surface area contributed by atoms with Gasteiger partial charge in [-0.25, -0.2) is 0 Å². The first kappa shape index (κ1) is 24.4. The van der Waals surface area contributed by atoms with E-state index in [1.807, 2.05) is 0 Å². The molecule has 21 heavy (non-hydrogen) atoms. The summed E-state index contributed by atoms with van der Waals surface area (Å²) in [5.41, 5.74) is 0. The SMILES string of the molecule is CCCCCC(CCCC)C(P)(CCCC)CCCC.I. The number of hydrogen-bond donors (Lipinski definition) is 0. The van der Waals surface area contributed by atoms with E-state index in [2.05, 4.69) is 36.9 Å². The van der Waals surface area contributed by atoms with Crippen LogP contribution in [-0.4, -0.2) is 5.16 Å². The Balaban J connectivity index is 0. The van der Waals surface area contributed by atoms with E-state index >= 15 is 0 Å². The largest absolute Gasteiger partial charge is 0.131 e. The van der Waals surface area contributed by atoms with Crippen molar-refractivity contribution in [3.05, 3.63) is 0 Å². The molecule has 0 saturated carbocycles. The van der Waals surface area contributed by atoms with Crippen LogP contribution in [0.3, 0.4) is 0 Å². The monoisotopic (exact) mass is 428 g/mol. The van der Waals surface area contributed by atoms with E-state index in [1.165, 1.54) is 83.5 Å². The highest BCUT2D eigenvalue weighted by molar-refractivity contribution is 14.0. The van der Waals surface area contributed by atoms with E-state index in [-0.39, 0.29) is 24.0 Å². The van der Waals surface area contributed by atoms with Gasteiger partial charge in [0, 0.05) is 0 Å². The van der Waals surface area contributed by atoms with Gasteiger partial charge in [0.25, 0.3) is 0 Å². The van der Waals surface area contributed by atoms with E-state index in [0.29, 0.717) is 5.16 Å². The molecule has 0 aliphatic rings. The second-order valence-corrected chi connectivity index (χ2v) is 7.93. The summed E-state index contributed by atoms with van der Waals surface area (Å²) in [6, 6.07) is 0. The predicted molar refractivity (Wildman–Crippen MR) is 114 cm³/mol. The molecule has 0 aromatic heterocycles. The van der Waals surface area contributed by atoms with Gasteiger partial charge in [0.05, 0.1) is 0 Å². The molecule has 0 aliphatic heterocycles. The third-order valence-corrected chi connectivity index (χ3v) is 5.92. The molecular weight excluding hydrogens is 386 g/mol. The molecule has 0 amide bonds. The van der Waals surface area contributed by atoms with Crippen molar-refractivity contribution in [3.63, 3.8) is 0 Å². The van der Waals surface area contributed by atoms with Crippen LogP contribution in [0.15, 0.2) is 0 Å². The van der Waals surface area contributed by atoms with Crippen LogP contribution in [0, 0.1) is 5.92 Å². The van der Waals surface area contributed by atoms with E-state index in [9.17, 15) is 0 Å².